The lowest BCUT2D eigenvalue weighted by Crippen LogP contribution is -2.37. The number of nitrogens with zero attached hydrogens (tertiary/aromatic N) is 3. The summed E-state index contributed by atoms with van der Waals surface area (Å²) in [5.74, 6) is 0.639. The minimum Gasteiger partial charge on any atom is -0.497 e. The molecule has 1 atom stereocenters. The van der Waals surface area contributed by atoms with Gasteiger partial charge in [0.25, 0.3) is 5.91 Å². The average molecular weight is 434 g/mol. The molecule has 0 aliphatic carbocycles. The third kappa shape index (κ3) is 4.94. The number of likely N-dealkylation sites (tertiary alicyclic amines) is 1. The molecule has 1 fully saturated rings. The lowest BCUT2D eigenvalue weighted by atomic mass is 10.0. The fourth-order valence-electron chi connectivity index (χ4n) is 4.14. The number of ether oxygens (including phenoxy) is 1. The topological polar surface area (TPSA) is 73.5 Å². The van der Waals surface area contributed by atoms with Crippen molar-refractivity contribution in [3.8, 4) is 17.0 Å². The van der Waals surface area contributed by atoms with E-state index in [1.807, 2.05) is 38.4 Å². The van der Waals surface area contributed by atoms with Crippen molar-refractivity contribution in [3.63, 3.8) is 0 Å². The van der Waals surface area contributed by atoms with Crippen LogP contribution in [0.25, 0.3) is 11.3 Å². The van der Waals surface area contributed by atoms with Crippen LogP contribution < -0.4 is 15.0 Å². The first kappa shape index (κ1) is 21.9. The Morgan fingerprint density at radius 1 is 1.12 bits per heavy atom. The van der Waals surface area contributed by atoms with Gasteiger partial charge in [-0.25, -0.2) is 0 Å². The molecule has 2 N–H and O–H groups in total. The van der Waals surface area contributed by atoms with Gasteiger partial charge < -0.3 is 15.0 Å². The van der Waals surface area contributed by atoms with E-state index in [9.17, 15) is 4.79 Å². The van der Waals surface area contributed by atoms with Gasteiger partial charge in [-0.05, 0) is 74.0 Å². The van der Waals surface area contributed by atoms with Gasteiger partial charge in [0.05, 0.1) is 18.8 Å². The fourth-order valence-corrected chi connectivity index (χ4v) is 4.14. The van der Waals surface area contributed by atoms with Crippen LogP contribution in [0.2, 0.25) is 0 Å². The number of hydrogen-bond donors (Lipinski definition) is 2. The van der Waals surface area contributed by atoms with Crippen LogP contribution in [0, 0.1) is 0 Å². The van der Waals surface area contributed by atoms with Crippen LogP contribution in [0.5, 0.6) is 5.75 Å². The van der Waals surface area contributed by atoms with Crippen molar-refractivity contribution in [3.05, 3.63) is 65.9 Å². The van der Waals surface area contributed by atoms with Gasteiger partial charge in [-0.1, -0.05) is 12.1 Å². The second-order valence-corrected chi connectivity index (χ2v) is 8.35. The second-order valence-electron chi connectivity index (χ2n) is 8.35. The zero-order chi connectivity index (χ0) is 22.5. The van der Waals surface area contributed by atoms with E-state index in [-0.39, 0.29) is 11.9 Å². The van der Waals surface area contributed by atoms with Gasteiger partial charge in [0.15, 0.2) is 0 Å². The Bertz CT molecular complexity index is 1020. The van der Waals surface area contributed by atoms with E-state index in [0.29, 0.717) is 12.2 Å². The van der Waals surface area contributed by atoms with E-state index in [1.54, 1.807) is 13.2 Å². The van der Waals surface area contributed by atoms with Crippen LogP contribution in [-0.4, -0.2) is 61.8 Å². The number of aromatic amines is 1. The molecule has 1 aliphatic heterocycles. The van der Waals surface area contributed by atoms with E-state index in [4.69, 9.17) is 4.74 Å². The molecule has 0 saturated carbocycles. The third-order valence-electron chi connectivity index (χ3n) is 6.04. The van der Waals surface area contributed by atoms with Crippen molar-refractivity contribution in [1.29, 1.82) is 0 Å². The lowest BCUT2D eigenvalue weighted by Gasteiger charge is -2.28. The summed E-state index contributed by atoms with van der Waals surface area (Å²) >= 11 is 0. The molecule has 2 heterocycles. The summed E-state index contributed by atoms with van der Waals surface area (Å²) in [4.78, 5) is 17.4. The first-order valence-electron chi connectivity index (χ1n) is 11.0. The van der Waals surface area contributed by atoms with E-state index >= 15 is 0 Å². The Hall–Kier alpha value is -3.32. The number of anilines is 1. The van der Waals surface area contributed by atoms with Gasteiger partial charge in [0.2, 0.25) is 0 Å². The molecule has 0 bridgehead atoms. The number of aromatic nitrogens is 2. The van der Waals surface area contributed by atoms with Crippen molar-refractivity contribution in [2.45, 2.75) is 18.9 Å². The highest BCUT2D eigenvalue weighted by molar-refractivity contribution is 5.93. The molecule has 3 aromatic rings. The summed E-state index contributed by atoms with van der Waals surface area (Å²) in [5, 5.41) is 10.3. The lowest BCUT2D eigenvalue weighted by molar-refractivity contribution is 0.0933. The molecule has 2 aromatic carbocycles. The van der Waals surface area contributed by atoms with Crippen LogP contribution in [0.1, 0.15) is 34.9 Å². The predicted octanol–water partition coefficient (Wildman–Crippen LogP) is 3.72. The fraction of sp³-hybridized carbons (Fsp3) is 0.360. The first-order valence-corrected chi connectivity index (χ1v) is 11.0. The van der Waals surface area contributed by atoms with Crippen LogP contribution >= 0.6 is 0 Å². The number of amides is 1. The molecule has 1 amide bonds. The van der Waals surface area contributed by atoms with Crippen LogP contribution in [0.4, 0.5) is 5.69 Å². The monoisotopic (exact) mass is 433 g/mol. The Morgan fingerprint density at radius 3 is 2.44 bits per heavy atom. The number of carbonyl (C=O) groups excluding carboxylic acids is 1. The molecule has 7 nitrogen and oxygen atoms in total. The Balaban J connectivity index is 1.44. The van der Waals surface area contributed by atoms with Crippen molar-refractivity contribution < 1.29 is 9.53 Å². The molecule has 1 aromatic heterocycles. The maximum atomic E-state index is 12.9. The standard InChI is InChI=1S/C25H31N5O2/c1-29(2)20-10-6-19(7-11-20)24(30-14-4-5-15-30)17-26-25(31)23-16-22(27-28-23)18-8-12-21(32-3)13-9-18/h6-13,16,24H,4-5,14-15,17H2,1-3H3,(H,26,31)(H,27,28)/t24-/m0/s1. The van der Waals surface area contributed by atoms with Crippen LogP contribution in [0.3, 0.4) is 0 Å². The van der Waals surface area contributed by atoms with Crippen molar-refractivity contribution >= 4 is 11.6 Å². The van der Waals surface area contributed by atoms with Gasteiger partial charge in [-0.2, -0.15) is 5.10 Å². The second kappa shape index (κ2) is 9.87. The summed E-state index contributed by atoms with van der Waals surface area (Å²) in [6, 6.07) is 18.2. The predicted molar refractivity (Wildman–Crippen MR) is 127 cm³/mol. The summed E-state index contributed by atoms with van der Waals surface area (Å²) < 4.78 is 5.20. The summed E-state index contributed by atoms with van der Waals surface area (Å²) in [6.45, 7) is 2.67. The largest absolute Gasteiger partial charge is 0.497 e. The van der Waals surface area contributed by atoms with E-state index in [2.05, 4.69) is 49.6 Å². The number of methoxy groups -OCH3 is 1. The highest BCUT2D eigenvalue weighted by atomic mass is 16.5. The number of hydrogen-bond acceptors (Lipinski definition) is 5. The van der Waals surface area contributed by atoms with Crippen LogP contribution in [0.15, 0.2) is 54.6 Å². The van der Waals surface area contributed by atoms with E-state index in [1.165, 1.54) is 24.1 Å². The number of benzene rings is 2. The number of nitrogens with one attached hydrogen (secondary N) is 2. The zero-order valence-corrected chi connectivity index (χ0v) is 19.0. The summed E-state index contributed by atoms with van der Waals surface area (Å²) in [5.41, 5.74) is 4.51. The molecule has 4 rings (SSSR count). The van der Waals surface area contributed by atoms with Crippen molar-refractivity contribution in [1.82, 2.24) is 20.4 Å². The quantitative estimate of drug-likeness (QED) is 0.566. The number of carbonyl (C=O) groups is 1. The maximum absolute atomic E-state index is 12.9. The van der Waals surface area contributed by atoms with Gasteiger partial charge in [-0.3, -0.25) is 14.8 Å². The van der Waals surface area contributed by atoms with E-state index < -0.39 is 0 Å². The van der Waals surface area contributed by atoms with Crippen molar-refractivity contribution in [2.75, 3.05) is 45.7 Å². The minimum atomic E-state index is -0.147. The minimum absolute atomic E-state index is 0.147. The molecule has 0 unspecified atom stereocenters. The van der Waals surface area contributed by atoms with Crippen molar-refractivity contribution in [2.24, 2.45) is 0 Å². The molecule has 0 spiro atoms. The molecule has 168 valence electrons. The normalized spacial score (nSPS) is 14.8. The van der Waals surface area contributed by atoms with Crippen LogP contribution in [-0.2, 0) is 0 Å². The smallest absolute Gasteiger partial charge is 0.269 e. The number of rotatable bonds is 8. The first-order chi connectivity index (χ1) is 15.5. The van der Waals surface area contributed by atoms with Gasteiger partial charge >= 0.3 is 0 Å². The molecular weight excluding hydrogens is 402 g/mol. The molecule has 7 heteroatoms. The zero-order valence-electron chi connectivity index (χ0n) is 19.0. The Morgan fingerprint density at radius 2 is 1.81 bits per heavy atom. The molecular formula is C25H31N5O2. The highest BCUT2D eigenvalue weighted by Gasteiger charge is 2.24. The molecule has 0 radical (unpaired) electrons. The Labute approximate surface area is 189 Å². The Kier molecular flexibility index (Phi) is 6.75. The van der Waals surface area contributed by atoms with Gasteiger partial charge in [0.1, 0.15) is 11.4 Å². The summed E-state index contributed by atoms with van der Waals surface area (Å²) in [7, 11) is 5.72. The SMILES string of the molecule is COc1ccc(-c2cc(C(=O)NC[C@@H](c3ccc(N(C)C)cc3)N3CCCC3)[nH]n2)cc1. The van der Waals surface area contributed by atoms with Gasteiger partial charge in [-0.15, -0.1) is 0 Å². The molecule has 1 aliphatic rings. The third-order valence-corrected chi connectivity index (χ3v) is 6.04. The molecule has 32 heavy (non-hydrogen) atoms. The number of H-pyrrole nitrogens is 1. The molecule has 1 saturated heterocycles. The van der Waals surface area contributed by atoms with E-state index in [0.717, 1.165) is 30.1 Å². The van der Waals surface area contributed by atoms with Gasteiger partial charge in [0, 0.05) is 31.9 Å². The maximum Gasteiger partial charge on any atom is 0.269 e. The highest BCUT2D eigenvalue weighted by Crippen LogP contribution is 2.26. The average Bonchev–Trinajstić information content (AvgIpc) is 3.52. The summed E-state index contributed by atoms with van der Waals surface area (Å²) in [6.07, 6.45) is 2.40.